The fraction of sp³-hybridized carbons (Fsp3) is 0.774. The fourth-order valence-electron chi connectivity index (χ4n) is 2.64. The third-order valence-electron chi connectivity index (χ3n) is 6.91. The van der Waals surface area contributed by atoms with E-state index < -0.39 is 84.6 Å². The second-order valence-corrected chi connectivity index (χ2v) is 11.7. The van der Waals surface area contributed by atoms with Gasteiger partial charge in [0.2, 0.25) is 5.91 Å². The highest BCUT2D eigenvalue weighted by molar-refractivity contribution is 5.83. The zero-order chi connectivity index (χ0) is 44.1. The number of hydrogen-bond acceptors (Lipinski definition) is 16. The lowest BCUT2D eigenvalue weighted by Gasteiger charge is -2.11. The van der Waals surface area contributed by atoms with Gasteiger partial charge in [-0.2, -0.15) is 0 Å². The Morgan fingerprint density at radius 1 is 0.481 bits per heavy atom. The van der Waals surface area contributed by atoms with Gasteiger partial charge in [0, 0.05) is 0 Å². The number of carboxylic acids is 6. The van der Waals surface area contributed by atoms with E-state index >= 15 is 0 Å². The van der Waals surface area contributed by atoms with Crippen LogP contribution >= 0.6 is 0 Å². The summed E-state index contributed by atoms with van der Waals surface area (Å²) in [5.41, 5.74) is 45.7. The van der Waals surface area contributed by atoms with Gasteiger partial charge in [0.25, 0.3) is 0 Å². The van der Waals surface area contributed by atoms with Gasteiger partial charge in [0.15, 0.2) is 0 Å². The lowest BCUT2D eigenvalue weighted by Crippen LogP contribution is -2.36. The minimum absolute atomic E-state index is 0.0718. The van der Waals surface area contributed by atoms with Gasteiger partial charge in [-0.15, -0.1) is 0 Å². The molecule has 0 aliphatic rings. The summed E-state index contributed by atoms with van der Waals surface area (Å²) < 4.78 is 0. The van der Waals surface area contributed by atoms with Crippen molar-refractivity contribution in [2.45, 2.75) is 122 Å². The Labute approximate surface area is 315 Å². The number of aliphatic hydroxyl groups excluding tert-OH is 1. The number of hydrogen-bond donors (Lipinski definition) is 16. The summed E-state index contributed by atoms with van der Waals surface area (Å²) in [5, 5.41) is 57.4. The summed E-state index contributed by atoms with van der Waals surface area (Å²) >= 11 is 0. The highest BCUT2D eigenvalue weighted by Crippen LogP contribution is 2.05. The number of carbonyl (C=O) groups excluding carboxylic acids is 1. The van der Waals surface area contributed by atoms with Crippen LogP contribution in [0.25, 0.3) is 0 Å². The Bertz CT molecular complexity index is 976. The first-order valence-electron chi connectivity index (χ1n) is 17.0. The number of primary amides is 1. The number of carboxylic acid groups (broad SMARTS) is 6. The van der Waals surface area contributed by atoms with Crippen molar-refractivity contribution in [2.24, 2.45) is 63.4 Å². The van der Waals surface area contributed by atoms with E-state index in [9.17, 15) is 33.6 Å². The van der Waals surface area contributed by atoms with Gasteiger partial charge in [-0.1, -0.05) is 53.4 Å². The lowest BCUT2D eigenvalue weighted by atomic mass is 10.0. The Hall–Kier alpha value is -4.07. The molecule has 0 radical (unpaired) electrons. The third-order valence-corrected chi connectivity index (χ3v) is 6.91. The number of aliphatic carboxylic acids is 6. The monoisotopic (exact) mass is 791 g/mol. The molecular weight excluding hydrogens is 722 g/mol. The first kappa shape index (κ1) is 61.9. The number of aliphatic hydroxyl groups is 1. The van der Waals surface area contributed by atoms with Gasteiger partial charge in [0.1, 0.15) is 36.3 Å². The number of amides is 1. The van der Waals surface area contributed by atoms with Crippen molar-refractivity contribution in [1.82, 2.24) is 0 Å². The van der Waals surface area contributed by atoms with E-state index in [1.165, 1.54) is 0 Å². The zero-order valence-electron chi connectivity index (χ0n) is 31.8. The highest BCUT2D eigenvalue weighted by Gasteiger charge is 2.18. The van der Waals surface area contributed by atoms with Crippen LogP contribution in [0.4, 0.5) is 0 Å². The average molecular weight is 792 g/mol. The summed E-state index contributed by atoms with van der Waals surface area (Å²) in [6.07, 6.45) is 5.64. The standard InChI is InChI=1S/2C6H14N2O2.2C6H13NO2.C4H8N2O3.C3H7NO3/c2*7-4-2-1-3-5(8)6(9)10;2*1-3-4(2)5(7)6(8)9;5-2(4(8)9)1-3(6)7;4-2(1-5)3(6)7/h2*5H,1-4,7-8H2,(H,9,10);2*4-5H,3,7H2,1-2H3,(H,8,9);2H,1,5H2,(H2,6,7)(H,8,9);2,5H,1,4H2,(H,6,7). The maximum Gasteiger partial charge on any atom is 0.322 e. The largest absolute Gasteiger partial charge is 0.480 e. The molecule has 0 aliphatic carbocycles. The second kappa shape index (κ2) is 40.1. The van der Waals surface area contributed by atoms with Gasteiger partial charge < -0.3 is 87.3 Å². The quantitative estimate of drug-likeness (QED) is 0.0504. The fourth-order valence-corrected chi connectivity index (χ4v) is 2.64. The van der Waals surface area contributed by atoms with Crippen LogP contribution in [0.15, 0.2) is 0 Å². The third kappa shape index (κ3) is 46.0. The molecule has 23 heteroatoms. The Balaban J connectivity index is -0.000000128. The SMILES string of the molecule is CCC(C)C(N)C(=O)O.CCC(C)C(N)C(=O)O.NC(=O)CC(N)C(=O)O.NC(CO)C(=O)O.NCCCCC(N)C(=O)O.NCCCCC(N)C(=O)O. The molecule has 8 atom stereocenters. The molecule has 0 aromatic carbocycles. The zero-order valence-corrected chi connectivity index (χ0v) is 31.8. The first-order valence-corrected chi connectivity index (χ1v) is 17.0. The van der Waals surface area contributed by atoms with Crippen LogP contribution in [0.1, 0.15) is 85.5 Å². The molecule has 0 aromatic rings. The predicted octanol–water partition coefficient (Wildman–Crippen LogP) is -3.39. The summed E-state index contributed by atoms with van der Waals surface area (Å²) in [6.45, 7) is 8.21. The van der Waals surface area contributed by atoms with E-state index in [1.54, 1.807) is 0 Å². The molecule has 0 saturated carbocycles. The molecule has 0 saturated heterocycles. The highest BCUT2D eigenvalue weighted by atomic mass is 16.4. The van der Waals surface area contributed by atoms with Gasteiger partial charge in [-0.3, -0.25) is 33.6 Å². The van der Waals surface area contributed by atoms with Gasteiger partial charge in [-0.05, 0) is 50.6 Å². The molecule has 54 heavy (non-hydrogen) atoms. The first-order chi connectivity index (χ1) is 24.8. The van der Waals surface area contributed by atoms with Crippen molar-refractivity contribution in [1.29, 1.82) is 0 Å². The second-order valence-electron chi connectivity index (χ2n) is 11.7. The van der Waals surface area contributed by atoms with E-state index in [-0.39, 0.29) is 18.3 Å². The minimum atomic E-state index is -1.21. The lowest BCUT2D eigenvalue weighted by molar-refractivity contribution is -0.140. The minimum Gasteiger partial charge on any atom is -0.480 e. The smallest absolute Gasteiger partial charge is 0.322 e. The Morgan fingerprint density at radius 2 is 0.759 bits per heavy atom. The number of nitrogens with two attached hydrogens (primary N) is 9. The molecule has 0 aromatic heterocycles. The van der Waals surface area contributed by atoms with Gasteiger partial charge in [-0.25, -0.2) is 0 Å². The molecule has 25 N–H and O–H groups in total. The molecule has 322 valence electrons. The molecular formula is C31H69N9O14. The Kier molecular flexibility index (Phi) is 46.0. The molecule has 0 aliphatic heterocycles. The summed E-state index contributed by atoms with van der Waals surface area (Å²) in [4.78, 5) is 70.2. The van der Waals surface area contributed by atoms with E-state index in [1.807, 2.05) is 27.7 Å². The molecule has 0 bridgehead atoms. The summed E-state index contributed by atoms with van der Waals surface area (Å²) in [5.74, 6) is -6.64. The van der Waals surface area contributed by atoms with Crippen LogP contribution in [0.3, 0.4) is 0 Å². The van der Waals surface area contributed by atoms with E-state index in [4.69, 9.17) is 81.6 Å². The summed E-state index contributed by atoms with van der Waals surface area (Å²) in [6, 6.07) is -5.12. The van der Waals surface area contributed by atoms with Gasteiger partial charge in [0.05, 0.1) is 13.0 Å². The molecule has 0 fully saturated rings. The molecule has 0 spiro atoms. The van der Waals surface area contributed by atoms with Crippen molar-refractivity contribution >= 4 is 41.7 Å². The van der Waals surface area contributed by atoms with Crippen LogP contribution in [0.2, 0.25) is 0 Å². The Morgan fingerprint density at radius 3 is 0.870 bits per heavy atom. The average Bonchev–Trinajstić information content (AvgIpc) is 3.10. The van der Waals surface area contributed by atoms with Crippen molar-refractivity contribution in [3.8, 4) is 0 Å². The predicted molar refractivity (Wildman–Crippen MR) is 199 cm³/mol. The topological polar surface area (TPSA) is 495 Å². The van der Waals surface area contributed by atoms with Crippen LogP contribution in [-0.2, 0) is 33.6 Å². The van der Waals surface area contributed by atoms with Gasteiger partial charge >= 0.3 is 35.8 Å². The van der Waals surface area contributed by atoms with Crippen molar-refractivity contribution in [3.05, 3.63) is 0 Å². The van der Waals surface area contributed by atoms with Crippen molar-refractivity contribution in [2.75, 3.05) is 19.7 Å². The van der Waals surface area contributed by atoms with Crippen LogP contribution in [0.5, 0.6) is 0 Å². The number of rotatable bonds is 21. The molecule has 1 amide bonds. The number of unbranched alkanes of at least 4 members (excludes halogenated alkanes) is 2. The van der Waals surface area contributed by atoms with E-state index in [2.05, 4.69) is 5.73 Å². The number of carbonyl (C=O) groups is 7. The van der Waals surface area contributed by atoms with Crippen LogP contribution in [-0.4, -0.2) is 133 Å². The van der Waals surface area contributed by atoms with Crippen molar-refractivity contribution < 1.29 is 69.3 Å². The van der Waals surface area contributed by atoms with Crippen LogP contribution in [0, 0.1) is 11.8 Å². The van der Waals surface area contributed by atoms with Crippen LogP contribution < -0.4 is 51.6 Å². The van der Waals surface area contributed by atoms with E-state index in [0.29, 0.717) is 25.9 Å². The van der Waals surface area contributed by atoms with Crippen molar-refractivity contribution in [3.63, 3.8) is 0 Å². The maximum atomic E-state index is 10.2. The van der Waals surface area contributed by atoms with E-state index in [0.717, 1.165) is 38.5 Å². The maximum absolute atomic E-state index is 10.2. The molecule has 23 nitrogen and oxygen atoms in total. The summed E-state index contributed by atoms with van der Waals surface area (Å²) in [7, 11) is 0. The molecule has 8 unspecified atom stereocenters. The normalized spacial score (nSPS) is 14.2. The molecule has 0 heterocycles. The molecule has 0 rings (SSSR count).